The van der Waals surface area contributed by atoms with E-state index in [0.29, 0.717) is 16.5 Å². The van der Waals surface area contributed by atoms with Crippen LogP contribution in [-0.2, 0) is 6.42 Å². The molecule has 0 heterocycles. The highest BCUT2D eigenvalue weighted by molar-refractivity contribution is 9.10. The van der Waals surface area contributed by atoms with Crippen LogP contribution in [0.15, 0.2) is 45.3 Å². The molecule has 0 radical (unpaired) electrons. The summed E-state index contributed by atoms with van der Waals surface area (Å²) in [5, 5.41) is 0. The van der Waals surface area contributed by atoms with Crippen molar-refractivity contribution in [2.24, 2.45) is 5.73 Å². The average Bonchev–Trinajstić information content (AvgIpc) is 2.37. The number of benzene rings is 2. The Morgan fingerprint density at radius 1 is 1.00 bits per heavy atom. The van der Waals surface area contributed by atoms with E-state index in [-0.39, 0.29) is 17.7 Å². The molecule has 0 fully saturated rings. The van der Waals surface area contributed by atoms with Gasteiger partial charge in [-0.3, -0.25) is 0 Å². The third kappa shape index (κ3) is 3.61. The van der Waals surface area contributed by atoms with Crippen LogP contribution in [0.2, 0.25) is 0 Å². The van der Waals surface area contributed by atoms with E-state index in [4.69, 9.17) is 5.73 Å². The zero-order chi connectivity index (χ0) is 14.0. The predicted molar refractivity (Wildman–Crippen MR) is 78.8 cm³/mol. The van der Waals surface area contributed by atoms with E-state index >= 15 is 0 Å². The van der Waals surface area contributed by atoms with Gasteiger partial charge in [-0.2, -0.15) is 0 Å². The van der Waals surface area contributed by atoms with Crippen LogP contribution in [0, 0.1) is 11.6 Å². The van der Waals surface area contributed by atoms with Gasteiger partial charge in [-0.05, 0) is 63.8 Å². The van der Waals surface area contributed by atoms with Crippen molar-refractivity contribution < 1.29 is 8.78 Å². The summed E-state index contributed by atoms with van der Waals surface area (Å²) in [6, 6.07) is 8.92. The van der Waals surface area contributed by atoms with Crippen LogP contribution in [0.3, 0.4) is 0 Å². The third-order valence-corrected chi connectivity index (χ3v) is 3.92. The maximum atomic E-state index is 13.6. The van der Waals surface area contributed by atoms with Gasteiger partial charge in [-0.25, -0.2) is 8.78 Å². The molecule has 0 aliphatic heterocycles. The number of hydrogen-bond acceptors (Lipinski definition) is 1. The van der Waals surface area contributed by atoms with Crippen LogP contribution in [0.1, 0.15) is 17.2 Å². The quantitative estimate of drug-likeness (QED) is 0.805. The topological polar surface area (TPSA) is 26.0 Å². The fraction of sp³-hybridized carbons (Fsp3) is 0.143. The molecule has 0 amide bonds. The predicted octanol–water partition coefficient (Wildman–Crippen LogP) is 4.73. The number of hydrogen-bond donors (Lipinski definition) is 1. The van der Waals surface area contributed by atoms with E-state index in [0.717, 1.165) is 10.0 Å². The van der Waals surface area contributed by atoms with Crippen molar-refractivity contribution in [3.8, 4) is 0 Å². The normalized spacial score (nSPS) is 12.5. The van der Waals surface area contributed by atoms with Crippen LogP contribution in [0.5, 0.6) is 0 Å². The van der Waals surface area contributed by atoms with Crippen LogP contribution in [0.4, 0.5) is 8.78 Å². The first-order chi connectivity index (χ1) is 8.97. The Morgan fingerprint density at radius 2 is 1.68 bits per heavy atom. The van der Waals surface area contributed by atoms with E-state index in [1.807, 2.05) is 0 Å². The van der Waals surface area contributed by atoms with Gasteiger partial charge in [0.25, 0.3) is 0 Å². The van der Waals surface area contributed by atoms with Gasteiger partial charge in [0.15, 0.2) is 0 Å². The molecule has 0 aromatic heterocycles. The molecule has 1 unspecified atom stereocenters. The maximum absolute atomic E-state index is 13.6. The molecule has 5 heteroatoms. The summed E-state index contributed by atoms with van der Waals surface area (Å²) in [6.45, 7) is 0. The standard InChI is InChI=1S/C14H11Br2F2N/c15-10-2-4-12(17)9(5-10)7-14(19)8-1-3-13(18)11(16)6-8/h1-6,14H,7,19H2. The van der Waals surface area contributed by atoms with E-state index in [2.05, 4.69) is 31.9 Å². The van der Waals surface area contributed by atoms with Crippen LogP contribution in [-0.4, -0.2) is 0 Å². The highest BCUT2D eigenvalue weighted by Crippen LogP contribution is 2.24. The molecule has 19 heavy (non-hydrogen) atoms. The van der Waals surface area contributed by atoms with Crippen LogP contribution < -0.4 is 5.73 Å². The smallest absolute Gasteiger partial charge is 0.137 e. The van der Waals surface area contributed by atoms with Gasteiger partial charge in [0, 0.05) is 10.5 Å². The number of nitrogens with two attached hydrogens (primary N) is 1. The minimum Gasteiger partial charge on any atom is -0.324 e. The van der Waals surface area contributed by atoms with Gasteiger partial charge in [0.2, 0.25) is 0 Å². The van der Waals surface area contributed by atoms with Gasteiger partial charge in [0.05, 0.1) is 4.47 Å². The van der Waals surface area contributed by atoms with Gasteiger partial charge >= 0.3 is 0 Å². The zero-order valence-electron chi connectivity index (χ0n) is 9.84. The Bertz CT molecular complexity index is 602. The summed E-state index contributed by atoms with van der Waals surface area (Å²) >= 11 is 6.41. The van der Waals surface area contributed by atoms with Gasteiger partial charge in [-0.1, -0.05) is 22.0 Å². The van der Waals surface area contributed by atoms with Crippen molar-refractivity contribution >= 4 is 31.9 Å². The summed E-state index contributed by atoms with van der Waals surface area (Å²) < 4.78 is 28.0. The Morgan fingerprint density at radius 3 is 2.37 bits per heavy atom. The third-order valence-electron chi connectivity index (χ3n) is 2.82. The lowest BCUT2D eigenvalue weighted by Gasteiger charge is -2.13. The molecule has 100 valence electrons. The Kier molecular flexibility index (Phi) is 4.71. The molecular formula is C14H11Br2F2N. The molecule has 1 nitrogen and oxygen atoms in total. The van der Waals surface area contributed by atoms with E-state index in [1.165, 1.54) is 12.1 Å². The number of halogens is 4. The first kappa shape index (κ1) is 14.6. The molecule has 2 N–H and O–H groups in total. The van der Waals surface area contributed by atoms with Crippen molar-refractivity contribution in [1.29, 1.82) is 0 Å². The highest BCUT2D eigenvalue weighted by Gasteiger charge is 2.12. The second-order valence-electron chi connectivity index (χ2n) is 4.22. The molecule has 0 spiro atoms. The van der Waals surface area contributed by atoms with Crippen molar-refractivity contribution in [2.75, 3.05) is 0 Å². The maximum Gasteiger partial charge on any atom is 0.137 e. The minimum absolute atomic E-state index is 0.292. The molecule has 2 aromatic carbocycles. The van der Waals surface area contributed by atoms with Gasteiger partial charge < -0.3 is 5.73 Å². The summed E-state index contributed by atoms with van der Waals surface area (Å²) in [5.41, 5.74) is 7.33. The van der Waals surface area contributed by atoms with E-state index in [9.17, 15) is 8.78 Å². The molecule has 0 saturated heterocycles. The second-order valence-corrected chi connectivity index (χ2v) is 5.99. The number of rotatable bonds is 3. The molecule has 0 aliphatic rings. The second kappa shape index (κ2) is 6.11. The summed E-state index contributed by atoms with van der Waals surface area (Å²) in [5.74, 6) is -0.635. The minimum atomic E-state index is -0.388. The SMILES string of the molecule is NC(Cc1cc(Br)ccc1F)c1ccc(F)c(Br)c1. The van der Waals surface area contributed by atoms with E-state index < -0.39 is 0 Å². The lowest BCUT2D eigenvalue weighted by molar-refractivity contribution is 0.590. The molecule has 2 rings (SSSR count). The van der Waals surface area contributed by atoms with Crippen molar-refractivity contribution in [1.82, 2.24) is 0 Å². The fourth-order valence-corrected chi connectivity index (χ4v) is 2.60. The lowest BCUT2D eigenvalue weighted by Crippen LogP contribution is -2.14. The largest absolute Gasteiger partial charge is 0.324 e. The summed E-state index contributed by atoms with van der Waals surface area (Å²) in [7, 11) is 0. The molecule has 2 aromatic rings. The molecule has 1 atom stereocenters. The zero-order valence-corrected chi connectivity index (χ0v) is 13.0. The fourth-order valence-electron chi connectivity index (χ4n) is 1.80. The summed E-state index contributed by atoms with van der Waals surface area (Å²) in [6.07, 6.45) is 0.351. The van der Waals surface area contributed by atoms with Crippen LogP contribution >= 0.6 is 31.9 Å². The lowest BCUT2D eigenvalue weighted by atomic mass is 9.99. The van der Waals surface area contributed by atoms with Crippen molar-refractivity contribution in [3.63, 3.8) is 0 Å². The molecule has 0 saturated carbocycles. The van der Waals surface area contributed by atoms with Gasteiger partial charge in [0.1, 0.15) is 11.6 Å². The Labute approximate surface area is 127 Å². The van der Waals surface area contributed by atoms with Gasteiger partial charge in [-0.15, -0.1) is 0 Å². The molecular weight excluding hydrogens is 380 g/mol. The average molecular weight is 391 g/mol. The first-order valence-electron chi connectivity index (χ1n) is 5.62. The van der Waals surface area contributed by atoms with E-state index in [1.54, 1.807) is 24.3 Å². The highest BCUT2D eigenvalue weighted by atomic mass is 79.9. The monoisotopic (exact) mass is 389 g/mol. The van der Waals surface area contributed by atoms with Crippen molar-refractivity contribution in [3.05, 3.63) is 68.1 Å². The molecule has 0 aliphatic carbocycles. The Balaban J connectivity index is 2.22. The van der Waals surface area contributed by atoms with Crippen LogP contribution in [0.25, 0.3) is 0 Å². The Hall–Kier alpha value is -0.780. The summed E-state index contributed by atoms with van der Waals surface area (Å²) in [4.78, 5) is 0. The first-order valence-corrected chi connectivity index (χ1v) is 7.20. The van der Waals surface area contributed by atoms with Crippen molar-refractivity contribution in [2.45, 2.75) is 12.5 Å². The molecule has 0 bridgehead atoms.